The molecule has 0 radical (unpaired) electrons. The van der Waals surface area contributed by atoms with Crippen LogP contribution in [-0.4, -0.2) is 21.0 Å². The van der Waals surface area contributed by atoms with Gasteiger partial charge in [-0.25, -0.2) is 9.97 Å². The summed E-state index contributed by atoms with van der Waals surface area (Å²) in [6.45, 7) is 5.50. The molecular weight excluding hydrogens is 396 g/mol. The molecule has 0 saturated carbocycles. The average Bonchev–Trinajstić information content (AvgIpc) is 3.49. The van der Waals surface area contributed by atoms with Gasteiger partial charge in [0.15, 0.2) is 12.2 Å². The molecule has 0 aliphatic carbocycles. The number of pyridine rings is 1. The van der Waals surface area contributed by atoms with Crippen LogP contribution in [0, 0.1) is 20.8 Å². The first kappa shape index (κ1) is 18.8. The number of rotatable bonds is 4. The van der Waals surface area contributed by atoms with Crippen molar-refractivity contribution in [2.45, 2.75) is 20.8 Å². The number of benzene rings is 1. The molecule has 8 heteroatoms. The molecule has 154 valence electrons. The van der Waals surface area contributed by atoms with E-state index < -0.39 is 0 Å². The van der Waals surface area contributed by atoms with Crippen LogP contribution < -0.4 is 5.32 Å². The number of carbonyl (C=O) groups is 1. The normalized spacial score (nSPS) is 11.2. The third-order valence-electron chi connectivity index (χ3n) is 5.04. The molecule has 4 aromatic heterocycles. The van der Waals surface area contributed by atoms with E-state index in [1.54, 1.807) is 31.3 Å². The first-order chi connectivity index (χ1) is 15.0. The molecule has 0 aliphatic rings. The number of oxazole rings is 1. The highest BCUT2D eigenvalue weighted by Crippen LogP contribution is 2.31. The summed E-state index contributed by atoms with van der Waals surface area (Å²) in [4.78, 5) is 21.7. The summed E-state index contributed by atoms with van der Waals surface area (Å²) in [5, 5.41) is 7.50. The summed E-state index contributed by atoms with van der Waals surface area (Å²) in [6.07, 6.45) is 3.01. The summed E-state index contributed by atoms with van der Waals surface area (Å²) < 4.78 is 16.3. The fourth-order valence-corrected chi connectivity index (χ4v) is 3.57. The molecule has 8 nitrogen and oxygen atoms in total. The predicted molar refractivity (Wildman–Crippen MR) is 114 cm³/mol. The predicted octanol–water partition coefficient (Wildman–Crippen LogP) is 5.32. The number of hydrogen-bond acceptors (Lipinski definition) is 7. The Hall–Kier alpha value is -4.20. The number of nitrogens with zero attached hydrogens (tertiary/aromatic N) is 3. The third kappa shape index (κ3) is 3.38. The Labute approximate surface area is 176 Å². The molecule has 0 bridgehead atoms. The number of hydrogen-bond donors (Lipinski definition) is 1. The topological polar surface area (TPSA) is 107 Å². The molecule has 0 spiro atoms. The van der Waals surface area contributed by atoms with Crippen molar-refractivity contribution in [2.24, 2.45) is 0 Å². The lowest BCUT2D eigenvalue weighted by molar-refractivity contribution is 0.102. The van der Waals surface area contributed by atoms with Crippen molar-refractivity contribution in [3.63, 3.8) is 0 Å². The van der Waals surface area contributed by atoms with Crippen molar-refractivity contribution in [1.29, 1.82) is 0 Å². The Morgan fingerprint density at radius 1 is 1.06 bits per heavy atom. The van der Waals surface area contributed by atoms with Crippen molar-refractivity contribution in [2.75, 3.05) is 5.32 Å². The number of carbonyl (C=O) groups excluding carboxylic acids is 1. The number of anilines is 1. The zero-order chi connectivity index (χ0) is 21.5. The van der Waals surface area contributed by atoms with Gasteiger partial charge in [-0.15, -0.1) is 0 Å². The minimum absolute atomic E-state index is 0.287. The Kier molecular flexibility index (Phi) is 4.39. The maximum absolute atomic E-state index is 13.2. The van der Waals surface area contributed by atoms with Gasteiger partial charge in [0.25, 0.3) is 11.6 Å². The van der Waals surface area contributed by atoms with E-state index in [4.69, 9.17) is 13.4 Å². The van der Waals surface area contributed by atoms with Gasteiger partial charge in [0.2, 0.25) is 0 Å². The largest absolute Gasteiger partial charge is 0.466 e. The molecule has 1 aromatic carbocycles. The lowest BCUT2D eigenvalue weighted by Gasteiger charge is -2.08. The number of nitrogens with one attached hydrogen (secondary N) is 1. The van der Waals surface area contributed by atoms with Crippen LogP contribution in [0.3, 0.4) is 0 Å². The highest BCUT2D eigenvalue weighted by molar-refractivity contribution is 6.13. The Bertz CT molecular complexity index is 1400. The zero-order valence-electron chi connectivity index (χ0n) is 17.1. The number of amides is 1. The molecule has 4 heterocycles. The quantitative estimate of drug-likeness (QED) is 0.424. The summed E-state index contributed by atoms with van der Waals surface area (Å²) in [5.41, 5.74) is 4.23. The smallest absolute Gasteiger partial charge is 0.259 e. The molecule has 0 fully saturated rings. The third-order valence-corrected chi connectivity index (χ3v) is 5.04. The molecule has 0 atom stereocenters. The van der Waals surface area contributed by atoms with Crippen molar-refractivity contribution in [3.05, 3.63) is 71.8 Å². The van der Waals surface area contributed by atoms with E-state index in [0.29, 0.717) is 39.5 Å². The monoisotopic (exact) mass is 414 g/mol. The second kappa shape index (κ2) is 7.24. The van der Waals surface area contributed by atoms with E-state index in [1.807, 2.05) is 32.0 Å². The van der Waals surface area contributed by atoms with Gasteiger partial charge >= 0.3 is 0 Å². The van der Waals surface area contributed by atoms with Crippen LogP contribution in [0.25, 0.3) is 33.7 Å². The van der Waals surface area contributed by atoms with Gasteiger partial charge in [-0.1, -0.05) is 5.16 Å². The van der Waals surface area contributed by atoms with Gasteiger partial charge in [0, 0.05) is 16.8 Å². The highest BCUT2D eigenvalue weighted by atomic mass is 16.5. The summed E-state index contributed by atoms with van der Waals surface area (Å²) in [5.74, 6) is 1.85. The fraction of sp³-hybridized carbons (Fsp3) is 0.130. The molecule has 0 unspecified atom stereocenters. The van der Waals surface area contributed by atoms with Gasteiger partial charge in [-0.05, 0) is 57.2 Å². The Morgan fingerprint density at radius 3 is 2.55 bits per heavy atom. The van der Waals surface area contributed by atoms with E-state index in [1.165, 1.54) is 6.39 Å². The Balaban J connectivity index is 1.52. The van der Waals surface area contributed by atoms with Gasteiger partial charge in [0.05, 0.1) is 28.5 Å². The van der Waals surface area contributed by atoms with Crippen LogP contribution in [0.4, 0.5) is 5.69 Å². The first-order valence-corrected chi connectivity index (χ1v) is 9.64. The Morgan fingerprint density at radius 2 is 1.87 bits per heavy atom. The van der Waals surface area contributed by atoms with E-state index in [0.717, 1.165) is 22.6 Å². The van der Waals surface area contributed by atoms with Crippen LogP contribution in [-0.2, 0) is 0 Å². The minimum Gasteiger partial charge on any atom is -0.466 e. The van der Waals surface area contributed by atoms with Crippen molar-refractivity contribution >= 4 is 22.7 Å². The molecule has 31 heavy (non-hydrogen) atoms. The van der Waals surface area contributed by atoms with Gasteiger partial charge in [-0.2, -0.15) is 0 Å². The maximum Gasteiger partial charge on any atom is 0.259 e. The molecular formula is C23H18N4O4. The van der Waals surface area contributed by atoms with Gasteiger partial charge in [0.1, 0.15) is 11.5 Å². The summed E-state index contributed by atoms with van der Waals surface area (Å²) >= 11 is 0. The second-order valence-electron chi connectivity index (χ2n) is 7.23. The van der Waals surface area contributed by atoms with Crippen LogP contribution in [0.15, 0.2) is 62.3 Å². The number of aryl methyl sites for hydroxylation is 3. The van der Waals surface area contributed by atoms with Crippen molar-refractivity contribution in [1.82, 2.24) is 15.1 Å². The number of fused-ring (bicyclic) bond motifs is 1. The van der Waals surface area contributed by atoms with E-state index in [9.17, 15) is 4.79 Å². The lowest BCUT2D eigenvalue weighted by atomic mass is 10.1. The lowest BCUT2D eigenvalue weighted by Crippen LogP contribution is -2.13. The first-order valence-electron chi connectivity index (χ1n) is 9.64. The SMILES string of the molecule is Cc1cc(-c2cc(C(=O)Nc3ccc(-c4cnco4)cc3)c3c(C)noc3n2)c(C)o1. The van der Waals surface area contributed by atoms with Crippen LogP contribution in [0.1, 0.15) is 27.6 Å². The van der Waals surface area contributed by atoms with Gasteiger partial charge in [-0.3, -0.25) is 4.79 Å². The zero-order valence-corrected chi connectivity index (χ0v) is 17.1. The van der Waals surface area contributed by atoms with Crippen molar-refractivity contribution in [3.8, 4) is 22.6 Å². The maximum atomic E-state index is 13.2. The molecule has 0 saturated heterocycles. The molecule has 1 amide bonds. The van der Waals surface area contributed by atoms with Crippen LogP contribution in [0.5, 0.6) is 0 Å². The minimum atomic E-state index is -0.287. The number of aromatic nitrogens is 3. The van der Waals surface area contributed by atoms with Gasteiger partial charge < -0.3 is 18.7 Å². The van der Waals surface area contributed by atoms with E-state index in [-0.39, 0.29) is 5.91 Å². The highest BCUT2D eigenvalue weighted by Gasteiger charge is 2.21. The second-order valence-corrected chi connectivity index (χ2v) is 7.23. The molecule has 5 rings (SSSR count). The molecule has 0 aliphatic heterocycles. The summed E-state index contributed by atoms with van der Waals surface area (Å²) in [7, 11) is 0. The number of furan rings is 1. The van der Waals surface area contributed by atoms with Crippen LogP contribution >= 0.6 is 0 Å². The molecule has 1 N–H and O–H groups in total. The summed E-state index contributed by atoms with van der Waals surface area (Å²) in [6, 6.07) is 10.9. The van der Waals surface area contributed by atoms with E-state index in [2.05, 4.69) is 20.4 Å². The standard InChI is InChI=1S/C23H18N4O4/c1-12-8-17(14(3)30-12)19-9-18(21-13(2)27-31-23(21)26-19)22(28)25-16-6-4-15(5-7-16)20-10-24-11-29-20/h4-11H,1-3H3,(H,25,28). The fourth-order valence-electron chi connectivity index (χ4n) is 3.57. The van der Waals surface area contributed by atoms with E-state index >= 15 is 0 Å². The average molecular weight is 414 g/mol. The van der Waals surface area contributed by atoms with Crippen molar-refractivity contribution < 1.29 is 18.2 Å². The van der Waals surface area contributed by atoms with Crippen LogP contribution in [0.2, 0.25) is 0 Å². The molecule has 5 aromatic rings.